The predicted octanol–water partition coefficient (Wildman–Crippen LogP) is 2.14. The van der Waals surface area contributed by atoms with Gasteiger partial charge in [-0.2, -0.15) is 0 Å². The average Bonchev–Trinajstić information content (AvgIpc) is 2.70. The van der Waals surface area contributed by atoms with Gasteiger partial charge in [0.25, 0.3) is 5.91 Å². The highest BCUT2D eigenvalue weighted by atomic mass is 32.2. The van der Waals surface area contributed by atoms with E-state index >= 15 is 0 Å². The van der Waals surface area contributed by atoms with Crippen molar-refractivity contribution < 1.29 is 27.5 Å². The van der Waals surface area contributed by atoms with Crippen LogP contribution in [-0.4, -0.2) is 46.0 Å². The standard InChI is InChI=1S/C21H25N3O6S/c1-4-29-16-7-5-15(6-8-16)22-20(25)12-24-18-10-9-17(31(27,28)23-14(2)3)11-19(18)30-13-21(24)26/h5-11,14,23H,4,12-13H2,1-3H3,(H,22,25). The van der Waals surface area contributed by atoms with E-state index in [1.54, 1.807) is 38.1 Å². The maximum atomic E-state index is 12.5. The maximum absolute atomic E-state index is 12.5. The van der Waals surface area contributed by atoms with Crippen molar-refractivity contribution in [3.63, 3.8) is 0 Å². The minimum absolute atomic E-state index is 0.0214. The number of fused-ring (bicyclic) bond motifs is 1. The molecule has 9 nitrogen and oxygen atoms in total. The molecule has 0 saturated carbocycles. The molecule has 0 spiro atoms. The lowest BCUT2D eigenvalue weighted by Crippen LogP contribution is -2.43. The molecular formula is C21H25N3O6S. The second-order valence-corrected chi connectivity index (χ2v) is 8.89. The molecule has 0 radical (unpaired) electrons. The SMILES string of the molecule is CCOc1ccc(NC(=O)CN2C(=O)COc3cc(S(=O)(=O)NC(C)C)ccc32)cc1. The zero-order valence-corrected chi connectivity index (χ0v) is 18.4. The Morgan fingerprint density at radius 2 is 1.90 bits per heavy atom. The smallest absolute Gasteiger partial charge is 0.265 e. The van der Waals surface area contributed by atoms with E-state index in [4.69, 9.17) is 9.47 Å². The van der Waals surface area contributed by atoms with Crippen molar-refractivity contribution in [2.24, 2.45) is 0 Å². The third kappa shape index (κ3) is 5.53. The van der Waals surface area contributed by atoms with E-state index in [9.17, 15) is 18.0 Å². The molecule has 166 valence electrons. The molecule has 2 amide bonds. The fourth-order valence-electron chi connectivity index (χ4n) is 3.05. The van der Waals surface area contributed by atoms with Gasteiger partial charge >= 0.3 is 0 Å². The summed E-state index contributed by atoms with van der Waals surface area (Å²) in [5, 5.41) is 2.73. The topological polar surface area (TPSA) is 114 Å². The summed E-state index contributed by atoms with van der Waals surface area (Å²) in [4.78, 5) is 26.2. The molecule has 0 saturated heterocycles. The molecule has 1 heterocycles. The summed E-state index contributed by atoms with van der Waals surface area (Å²) in [5.74, 6) is 0.115. The number of amides is 2. The zero-order chi connectivity index (χ0) is 22.6. The number of hydrogen-bond donors (Lipinski definition) is 2. The largest absolute Gasteiger partial charge is 0.494 e. The Morgan fingerprint density at radius 3 is 2.55 bits per heavy atom. The Morgan fingerprint density at radius 1 is 1.19 bits per heavy atom. The van der Waals surface area contributed by atoms with Gasteiger partial charge in [-0.25, -0.2) is 13.1 Å². The average molecular weight is 448 g/mol. The monoisotopic (exact) mass is 447 g/mol. The molecule has 0 bridgehead atoms. The van der Waals surface area contributed by atoms with Crippen LogP contribution in [0, 0.1) is 0 Å². The van der Waals surface area contributed by atoms with Gasteiger partial charge in [0.1, 0.15) is 18.0 Å². The Hall–Kier alpha value is -3.11. The van der Waals surface area contributed by atoms with Gasteiger partial charge in [0, 0.05) is 17.8 Å². The van der Waals surface area contributed by atoms with E-state index in [1.807, 2.05) is 6.92 Å². The van der Waals surface area contributed by atoms with Gasteiger partial charge in [-0.1, -0.05) is 0 Å². The van der Waals surface area contributed by atoms with Crippen LogP contribution in [0.2, 0.25) is 0 Å². The summed E-state index contributed by atoms with van der Waals surface area (Å²) in [6.45, 7) is 5.34. The number of nitrogens with zero attached hydrogens (tertiary/aromatic N) is 1. The number of ether oxygens (including phenoxy) is 2. The van der Waals surface area contributed by atoms with Crippen LogP contribution in [-0.2, 0) is 19.6 Å². The summed E-state index contributed by atoms with van der Waals surface area (Å²) < 4.78 is 38.1. The Balaban J connectivity index is 1.75. The lowest BCUT2D eigenvalue weighted by molar-refractivity contribution is -0.123. The van der Waals surface area contributed by atoms with E-state index in [1.165, 1.54) is 23.1 Å². The molecule has 2 N–H and O–H groups in total. The molecule has 2 aromatic carbocycles. The molecule has 0 fully saturated rings. The first-order valence-corrected chi connectivity index (χ1v) is 11.3. The second-order valence-electron chi connectivity index (χ2n) is 7.18. The van der Waals surface area contributed by atoms with Crippen LogP contribution in [0.25, 0.3) is 0 Å². The van der Waals surface area contributed by atoms with E-state index in [0.717, 1.165) is 0 Å². The summed E-state index contributed by atoms with van der Waals surface area (Å²) in [6, 6.07) is 10.8. The number of anilines is 2. The number of hydrogen-bond acceptors (Lipinski definition) is 6. The molecule has 3 rings (SSSR count). The minimum atomic E-state index is -3.72. The molecule has 0 unspecified atom stereocenters. The number of nitrogens with one attached hydrogen (secondary N) is 2. The fraction of sp³-hybridized carbons (Fsp3) is 0.333. The molecular weight excluding hydrogens is 422 g/mol. The quantitative estimate of drug-likeness (QED) is 0.641. The zero-order valence-electron chi connectivity index (χ0n) is 17.5. The normalized spacial score (nSPS) is 13.5. The van der Waals surface area contributed by atoms with Gasteiger partial charge in [0.05, 0.1) is 17.2 Å². The summed E-state index contributed by atoms with van der Waals surface area (Å²) >= 11 is 0. The number of carbonyl (C=O) groups is 2. The van der Waals surface area contributed by atoms with Gasteiger partial charge in [-0.05, 0) is 57.2 Å². The third-order valence-corrected chi connectivity index (χ3v) is 5.98. The van der Waals surface area contributed by atoms with Crippen LogP contribution < -0.4 is 24.4 Å². The van der Waals surface area contributed by atoms with Crippen LogP contribution >= 0.6 is 0 Å². The molecule has 31 heavy (non-hydrogen) atoms. The fourth-order valence-corrected chi connectivity index (χ4v) is 4.32. The van der Waals surface area contributed by atoms with Crippen molar-refractivity contribution in [1.82, 2.24) is 4.72 Å². The van der Waals surface area contributed by atoms with Gasteiger partial charge in [0.2, 0.25) is 15.9 Å². The first-order valence-electron chi connectivity index (χ1n) is 9.82. The number of carbonyl (C=O) groups excluding carboxylic acids is 2. The van der Waals surface area contributed by atoms with Crippen molar-refractivity contribution in [3.05, 3.63) is 42.5 Å². The lowest BCUT2D eigenvalue weighted by atomic mass is 10.2. The second kappa shape index (κ2) is 9.36. The van der Waals surface area contributed by atoms with Crippen molar-refractivity contribution in [1.29, 1.82) is 0 Å². The summed E-state index contributed by atoms with van der Waals surface area (Å²) in [7, 11) is -3.72. The van der Waals surface area contributed by atoms with Crippen LogP contribution in [0.3, 0.4) is 0 Å². The summed E-state index contributed by atoms with van der Waals surface area (Å²) in [6.07, 6.45) is 0. The van der Waals surface area contributed by atoms with Gasteiger partial charge in [0.15, 0.2) is 6.61 Å². The first kappa shape index (κ1) is 22.6. The molecule has 10 heteroatoms. The van der Waals surface area contributed by atoms with E-state index in [2.05, 4.69) is 10.0 Å². The Labute approximate surface area is 181 Å². The lowest BCUT2D eigenvalue weighted by Gasteiger charge is -2.29. The van der Waals surface area contributed by atoms with Crippen LogP contribution in [0.5, 0.6) is 11.5 Å². The van der Waals surface area contributed by atoms with Crippen molar-refractivity contribution in [3.8, 4) is 11.5 Å². The minimum Gasteiger partial charge on any atom is -0.494 e. The van der Waals surface area contributed by atoms with Crippen molar-refractivity contribution in [2.45, 2.75) is 31.7 Å². The van der Waals surface area contributed by atoms with Gasteiger partial charge < -0.3 is 14.8 Å². The number of benzene rings is 2. The van der Waals surface area contributed by atoms with E-state index in [0.29, 0.717) is 23.7 Å². The highest BCUT2D eigenvalue weighted by Crippen LogP contribution is 2.34. The van der Waals surface area contributed by atoms with Crippen molar-refractivity contribution in [2.75, 3.05) is 30.0 Å². The van der Waals surface area contributed by atoms with Crippen molar-refractivity contribution >= 4 is 33.2 Å². The van der Waals surface area contributed by atoms with E-state index < -0.39 is 21.8 Å². The molecule has 2 aromatic rings. The molecule has 0 aliphatic carbocycles. The summed E-state index contributed by atoms with van der Waals surface area (Å²) in [5.41, 5.74) is 0.900. The van der Waals surface area contributed by atoms with Crippen LogP contribution in [0.15, 0.2) is 47.4 Å². The Kier molecular flexibility index (Phi) is 6.81. The maximum Gasteiger partial charge on any atom is 0.265 e. The van der Waals surface area contributed by atoms with Gasteiger partial charge in [-0.3, -0.25) is 14.5 Å². The molecule has 0 atom stereocenters. The highest BCUT2D eigenvalue weighted by molar-refractivity contribution is 7.89. The molecule has 1 aliphatic heterocycles. The Bertz CT molecular complexity index is 1070. The van der Waals surface area contributed by atoms with Crippen LogP contribution in [0.1, 0.15) is 20.8 Å². The van der Waals surface area contributed by atoms with Crippen LogP contribution in [0.4, 0.5) is 11.4 Å². The highest BCUT2D eigenvalue weighted by Gasteiger charge is 2.29. The van der Waals surface area contributed by atoms with E-state index in [-0.39, 0.29) is 29.8 Å². The first-order chi connectivity index (χ1) is 14.7. The van der Waals surface area contributed by atoms with Gasteiger partial charge in [-0.15, -0.1) is 0 Å². The third-order valence-electron chi connectivity index (χ3n) is 4.33. The number of sulfonamides is 1. The predicted molar refractivity (Wildman–Crippen MR) is 116 cm³/mol. The molecule has 0 aromatic heterocycles. The number of rotatable bonds is 8. The molecule has 1 aliphatic rings.